The second-order valence-electron chi connectivity index (χ2n) is 5.70. The molecule has 0 spiro atoms. The third-order valence-electron chi connectivity index (χ3n) is 4.02. The monoisotopic (exact) mass is 402 g/mol. The number of rotatable bonds is 4. The van der Waals surface area contributed by atoms with Gasteiger partial charge in [-0.1, -0.05) is 11.6 Å². The molecule has 0 unspecified atom stereocenters. The van der Waals surface area contributed by atoms with Gasteiger partial charge in [0.1, 0.15) is 11.3 Å². The van der Waals surface area contributed by atoms with Gasteiger partial charge in [-0.25, -0.2) is 9.69 Å². The number of urea groups is 1. The number of amides is 4. The Balaban J connectivity index is 2.05. The van der Waals surface area contributed by atoms with Crippen molar-refractivity contribution in [2.75, 3.05) is 19.1 Å². The van der Waals surface area contributed by atoms with Crippen LogP contribution in [-0.2, 0) is 9.59 Å². The van der Waals surface area contributed by atoms with Crippen molar-refractivity contribution in [1.29, 1.82) is 0 Å². The molecule has 8 nitrogen and oxygen atoms in total. The summed E-state index contributed by atoms with van der Waals surface area (Å²) in [4.78, 5) is 38.1. The predicted molar refractivity (Wildman–Crippen MR) is 102 cm³/mol. The van der Waals surface area contributed by atoms with Gasteiger partial charge in [0.05, 0.1) is 19.9 Å². The minimum absolute atomic E-state index is 0.0751. The predicted octanol–water partition coefficient (Wildman–Crippen LogP) is 2.73. The van der Waals surface area contributed by atoms with E-state index in [1.807, 2.05) is 0 Å². The molecule has 144 valence electrons. The number of benzene rings is 2. The number of hydrogen-bond acceptors (Lipinski definition) is 6. The maximum Gasteiger partial charge on any atom is 0.335 e. The van der Waals surface area contributed by atoms with Gasteiger partial charge < -0.3 is 14.6 Å². The number of ether oxygens (including phenoxy) is 2. The summed E-state index contributed by atoms with van der Waals surface area (Å²) in [6.07, 6.45) is 1.14. The Labute approximate surface area is 164 Å². The van der Waals surface area contributed by atoms with Crippen molar-refractivity contribution in [3.8, 4) is 17.2 Å². The average molecular weight is 403 g/mol. The standard InChI is InChI=1S/C19H15ClN2O6/c1-27-13-5-3-12(4-6-13)22-18(25)14(17(24)21-19(22)26)8-10-7-11(20)9-15(28-2)16(10)23/h3-9,23H,1-2H3,(H,21,24,26). The summed E-state index contributed by atoms with van der Waals surface area (Å²) >= 11 is 5.99. The highest BCUT2D eigenvalue weighted by Crippen LogP contribution is 2.35. The average Bonchev–Trinajstić information content (AvgIpc) is 2.67. The van der Waals surface area contributed by atoms with Gasteiger partial charge in [-0.05, 0) is 36.4 Å². The van der Waals surface area contributed by atoms with E-state index in [9.17, 15) is 19.5 Å². The lowest BCUT2D eigenvalue weighted by molar-refractivity contribution is -0.122. The maximum atomic E-state index is 12.9. The summed E-state index contributed by atoms with van der Waals surface area (Å²) < 4.78 is 10.1. The number of methoxy groups -OCH3 is 2. The van der Waals surface area contributed by atoms with Crippen LogP contribution in [0, 0.1) is 0 Å². The number of aromatic hydroxyl groups is 1. The van der Waals surface area contributed by atoms with Crippen molar-refractivity contribution in [3.63, 3.8) is 0 Å². The Morgan fingerprint density at radius 3 is 2.36 bits per heavy atom. The van der Waals surface area contributed by atoms with Gasteiger partial charge in [0.2, 0.25) is 0 Å². The van der Waals surface area contributed by atoms with Crippen LogP contribution in [0.25, 0.3) is 6.08 Å². The van der Waals surface area contributed by atoms with E-state index in [1.165, 1.54) is 38.5 Å². The van der Waals surface area contributed by atoms with Crippen molar-refractivity contribution in [2.24, 2.45) is 0 Å². The lowest BCUT2D eigenvalue weighted by Crippen LogP contribution is -2.54. The number of anilines is 1. The summed E-state index contributed by atoms with van der Waals surface area (Å²) in [5.74, 6) is -1.43. The fraction of sp³-hybridized carbons (Fsp3) is 0.105. The first-order valence-electron chi connectivity index (χ1n) is 7.97. The SMILES string of the molecule is COc1ccc(N2C(=O)NC(=O)C(=Cc3cc(Cl)cc(OC)c3O)C2=O)cc1. The zero-order chi connectivity index (χ0) is 20.4. The third kappa shape index (κ3) is 3.49. The number of phenols is 1. The molecule has 1 heterocycles. The van der Waals surface area contributed by atoms with Gasteiger partial charge >= 0.3 is 6.03 Å². The number of hydrogen-bond donors (Lipinski definition) is 2. The number of halogens is 1. The molecule has 0 radical (unpaired) electrons. The molecule has 28 heavy (non-hydrogen) atoms. The fourth-order valence-corrected chi connectivity index (χ4v) is 2.86. The Morgan fingerprint density at radius 2 is 1.75 bits per heavy atom. The van der Waals surface area contributed by atoms with Crippen LogP contribution < -0.4 is 19.7 Å². The van der Waals surface area contributed by atoms with E-state index < -0.39 is 17.8 Å². The lowest BCUT2D eigenvalue weighted by Gasteiger charge is -2.26. The van der Waals surface area contributed by atoms with Gasteiger partial charge in [-0.3, -0.25) is 14.9 Å². The molecule has 9 heteroatoms. The van der Waals surface area contributed by atoms with E-state index in [-0.39, 0.29) is 33.3 Å². The van der Waals surface area contributed by atoms with Crippen molar-refractivity contribution in [1.82, 2.24) is 5.32 Å². The molecular weight excluding hydrogens is 388 g/mol. The number of carbonyl (C=O) groups excluding carboxylic acids is 3. The number of nitrogens with zero attached hydrogens (tertiary/aromatic N) is 1. The summed E-state index contributed by atoms with van der Waals surface area (Å²) in [5, 5.41) is 12.6. The molecule has 0 saturated carbocycles. The summed E-state index contributed by atoms with van der Waals surface area (Å²) in [5.41, 5.74) is -0.0171. The van der Waals surface area contributed by atoms with Crippen LogP contribution in [0.2, 0.25) is 5.02 Å². The number of phenolic OH excluding ortho intramolecular Hbond substituents is 1. The van der Waals surface area contributed by atoms with Gasteiger partial charge in [-0.15, -0.1) is 0 Å². The number of carbonyl (C=O) groups is 3. The second kappa shape index (κ2) is 7.61. The Kier molecular flexibility index (Phi) is 5.23. The highest BCUT2D eigenvalue weighted by molar-refractivity contribution is 6.39. The quantitative estimate of drug-likeness (QED) is 0.601. The van der Waals surface area contributed by atoms with E-state index in [4.69, 9.17) is 21.1 Å². The summed E-state index contributed by atoms with van der Waals surface area (Å²) in [6, 6.07) is 8.01. The molecule has 2 N–H and O–H groups in total. The lowest BCUT2D eigenvalue weighted by atomic mass is 10.1. The molecule has 2 aromatic rings. The highest BCUT2D eigenvalue weighted by Gasteiger charge is 2.37. The summed E-state index contributed by atoms with van der Waals surface area (Å²) in [6.45, 7) is 0. The second-order valence-corrected chi connectivity index (χ2v) is 6.14. The molecule has 0 bridgehead atoms. The molecule has 2 aromatic carbocycles. The maximum absolute atomic E-state index is 12.9. The Hall–Kier alpha value is -3.52. The van der Waals surface area contributed by atoms with Crippen LogP contribution >= 0.6 is 11.6 Å². The third-order valence-corrected chi connectivity index (χ3v) is 4.24. The van der Waals surface area contributed by atoms with Crippen LogP contribution in [0.1, 0.15) is 5.56 Å². The van der Waals surface area contributed by atoms with Crippen LogP contribution in [0.5, 0.6) is 17.2 Å². The number of nitrogens with one attached hydrogen (secondary N) is 1. The molecular formula is C19H15ClN2O6. The van der Waals surface area contributed by atoms with Crippen molar-refractivity contribution in [3.05, 3.63) is 52.6 Å². The Bertz CT molecular complexity index is 1000. The molecule has 0 aliphatic carbocycles. The van der Waals surface area contributed by atoms with Crippen molar-refractivity contribution in [2.45, 2.75) is 0 Å². The van der Waals surface area contributed by atoms with E-state index in [0.717, 1.165) is 11.0 Å². The van der Waals surface area contributed by atoms with E-state index >= 15 is 0 Å². The van der Waals surface area contributed by atoms with Crippen LogP contribution in [0.4, 0.5) is 10.5 Å². The molecule has 1 saturated heterocycles. The van der Waals surface area contributed by atoms with Gasteiger partial charge in [0.25, 0.3) is 11.8 Å². The first-order chi connectivity index (χ1) is 13.3. The molecule has 0 atom stereocenters. The first kappa shape index (κ1) is 19.2. The van der Waals surface area contributed by atoms with Crippen LogP contribution in [0.3, 0.4) is 0 Å². The molecule has 1 fully saturated rings. The molecule has 1 aliphatic heterocycles. The fourth-order valence-electron chi connectivity index (χ4n) is 2.64. The molecule has 1 aliphatic rings. The molecule has 3 rings (SSSR count). The van der Waals surface area contributed by atoms with Gasteiger partial charge in [0, 0.05) is 16.7 Å². The zero-order valence-electron chi connectivity index (χ0n) is 14.9. The normalized spacial score (nSPS) is 15.6. The first-order valence-corrected chi connectivity index (χ1v) is 8.35. The smallest absolute Gasteiger partial charge is 0.335 e. The number of barbiturate groups is 1. The summed E-state index contributed by atoms with van der Waals surface area (Å²) in [7, 11) is 2.82. The minimum Gasteiger partial charge on any atom is -0.504 e. The van der Waals surface area contributed by atoms with Gasteiger partial charge in [-0.2, -0.15) is 0 Å². The van der Waals surface area contributed by atoms with E-state index in [1.54, 1.807) is 12.1 Å². The zero-order valence-corrected chi connectivity index (χ0v) is 15.6. The van der Waals surface area contributed by atoms with Gasteiger partial charge in [0.15, 0.2) is 11.5 Å². The molecule has 0 aromatic heterocycles. The minimum atomic E-state index is -0.891. The van der Waals surface area contributed by atoms with Crippen LogP contribution in [0.15, 0.2) is 42.0 Å². The van der Waals surface area contributed by atoms with Crippen molar-refractivity contribution >= 4 is 41.2 Å². The van der Waals surface area contributed by atoms with Crippen LogP contribution in [-0.4, -0.2) is 37.2 Å². The van der Waals surface area contributed by atoms with E-state index in [0.29, 0.717) is 5.75 Å². The topological polar surface area (TPSA) is 105 Å². The van der Waals surface area contributed by atoms with E-state index in [2.05, 4.69) is 5.32 Å². The number of imide groups is 2. The van der Waals surface area contributed by atoms with Crippen molar-refractivity contribution < 1.29 is 29.0 Å². The Morgan fingerprint density at radius 1 is 1.07 bits per heavy atom. The largest absolute Gasteiger partial charge is 0.504 e. The molecule has 4 amide bonds. The highest BCUT2D eigenvalue weighted by atomic mass is 35.5.